The van der Waals surface area contributed by atoms with E-state index in [1.807, 2.05) is 0 Å². The molecule has 0 aromatic heterocycles. The summed E-state index contributed by atoms with van der Waals surface area (Å²) < 4.78 is 0. The number of carbonyl (C=O) groups is 1. The molecule has 0 radical (unpaired) electrons. The molecule has 0 amide bonds. The van der Waals surface area contributed by atoms with Crippen LogP contribution >= 0.6 is 11.6 Å². The van der Waals surface area contributed by atoms with Crippen molar-refractivity contribution in [3.05, 3.63) is 22.3 Å². The molecular weight excluding hydrogens is 146 g/mol. The summed E-state index contributed by atoms with van der Waals surface area (Å²) >= 11 is 4.81. The summed E-state index contributed by atoms with van der Waals surface area (Å²) in [6.45, 7) is -0.363. The average Bonchev–Trinajstić information content (AvgIpc) is 1.63. The molecule has 4 nitrogen and oxygen atoms in total. The molecular formula is C4H4ClNO3. The molecule has 0 fully saturated rings. The normalized spacial score (nSPS) is 9.89. The molecule has 0 aromatic carbocycles. The van der Waals surface area contributed by atoms with Crippen LogP contribution in [0.1, 0.15) is 0 Å². The fourth-order valence-electron chi connectivity index (χ4n) is 0.231. The zero-order chi connectivity index (χ0) is 7.28. The van der Waals surface area contributed by atoms with Crippen molar-refractivity contribution in [1.29, 1.82) is 0 Å². The number of allylic oxidation sites excluding steroid dienone is 1. The smallest absolute Gasteiger partial charge is 0.245 e. The maximum absolute atomic E-state index is 9.88. The van der Waals surface area contributed by atoms with Crippen molar-refractivity contribution in [3.8, 4) is 0 Å². The van der Waals surface area contributed by atoms with Crippen molar-refractivity contribution in [2.24, 2.45) is 0 Å². The van der Waals surface area contributed by atoms with Gasteiger partial charge in [-0.2, -0.15) is 0 Å². The Morgan fingerprint density at radius 1 is 1.78 bits per heavy atom. The first-order valence-corrected chi connectivity index (χ1v) is 2.48. The summed E-state index contributed by atoms with van der Waals surface area (Å²) in [5, 5.41) is 8.88. The summed E-state index contributed by atoms with van der Waals surface area (Å²) in [5.74, 6) is 0. The van der Waals surface area contributed by atoms with Crippen LogP contribution in [0.3, 0.4) is 0 Å². The van der Waals surface area contributed by atoms with Crippen molar-refractivity contribution in [2.45, 2.75) is 0 Å². The maximum Gasteiger partial charge on any atom is 0.245 e. The molecule has 50 valence electrons. The molecule has 0 spiro atoms. The Hall–Kier alpha value is -0.900. The van der Waals surface area contributed by atoms with Gasteiger partial charge in [0.25, 0.3) is 0 Å². The van der Waals surface area contributed by atoms with Gasteiger partial charge < -0.3 is 0 Å². The third kappa shape index (κ3) is 7.10. The van der Waals surface area contributed by atoms with Crippen LogP contribution in [0.15, 0.2) is 12.2 Å². The van der Waals surface area contributed by atoms with Crippen LogP contribution in [0, 0.1) is 10.1 Å². The third-order valence-corrected chi connectivity index (χ3v) is 0.629. The average molecular weight is 150 g/mol. The molecule has 0 N–H and O–H groups in total. The minimum Gasteiger partial charge on any atom is -0.276 e. The number of rotatable bonds is 3. The predicted molar refractivity (Wildman–Crippen MR) is 31.9 cm³/mol. The Balaban J connectivity index is 3.48. The van der Waals surface area contributed by atoms with Gasteiger partial charge in [-0.15, -0.1) is 0 Å². The van der Waals surface area contributed by atoms with Crippen LogP contribution in [-0.4, -0.2) is 16.7 Å². The number of halogens is 1. The van der Waals surface area contributed by atoms with E-state index < -0.39 is 10.2 Å². The fourth-order valence-corrected chi connectivity index (χ4v) is 0.321. The van der Waals surface area contributed by atoms with E-state index in [2.05, 4.69) is 0 Å². The van der Waals surface area contributed by atoms with Gasteiger partial charge in [-0.05, 0) is 17.7 Å². The predicted octanol–water partition coefficient (Wildman–Crippen LogP) is 0.585. The number of hydrogen-bond donors (Lipinski definition) is 0. The standard InChI is InChI=1S/C4H4ClNO3/c5-4(7)2-1-3-6(8)9/h1-2H,3H2. The monoisotopic (exact) mass is 149 g/mol. The first-order valence-electron chi connectivity index (χ1n) is 2.10. The third-order valence-electron chi connectivity index (χ3n) is 0.503. The summed E-state index contributed by atoms with van der Waals surface area (Å²) in [6.07, 6.45) is 2.04. The molecule has 0 aliphatic carbocycles. The van der Waals surface area contributed by atoms with Gasteiger partial charge in [-0.25, -0.2) is 0 Å². The second-order valence-electron chi connectivity index (χ2n) is 1.22. The highest BCUT2D eigenvalue weighted by Gasteiger charge is 1.89. The molecule has 0 aromatic rings. The maximum atomic E-state index is 9.88. The summed E-state index contributed by atoms with van der Waals surface area (Å²) in [5.41, 5.74) is 0. The SMILES string of the molecule is O=C(Cl)C=CC[N+](=O)[O-]. The Kier molecular flexibility index (Phi) is 3.62. The van der Waals surface area contributed by atoms with Gasteiger partial charge in [0.1, 0.15) is 0 Å². The van der Waals surface area contributed by atoms with Crippen molar-refractivity contribution < 1.29 is 9.72 Å². The number of carbonyl (C=O) groups excluding carboxylic acids is 1. The highest BCUT2D eigenvalue weighted by molar-refractivity contribution is 6.66. The molecule has 0 saturated carbocycles. The Morgan fingerprint density at radius 3 is 2.67 bits per heavy atom. The van der Waals surface area contributed by atoms with Crippen molar-refractivity contribution in [1.82, 2.24) is 0 Å². The quantitative estimate of drug-likeness (QED) is 0.255. The molecule has 0 bridgehead atoms. The molecule has 9 heavy (non-hydrogen) atoms. The second-order valence-corrected chi connectivity index (χ2v) is 1.59. The van der Waals surface area contributed by atoms with Crippen LogP contribution in [-0.2, 0) is 4.79 Å². The van der Waals surface area contributed by atoms with E-state index in [1.165, 1.54) is 0 Å². The Morgan fingerprint density at radius 2 is 2.33 bits per heavy atom. The van der Waals surface area contributed by atoms with E-state index in [9.17, 15) is 14.9 Å². The van der Waals surface area contributed by atoms with E-state index in [4.69, 9.17) is 11.6 Å². The van der Waals surface area contributed by atoms with Gasteiger partial charge in [0.05, 0.1) is 0 Å². The topological polar surface area (TPSA) is 60.2 Å². The van der Waals surface area contributed by atoms with E-state index in [-0.39, 0.29) is 6.54 Å². The van der Waals surface area contributed by atoms with E-state index in [0.717, 1.165) is 12.2 Å². The van der Waals surface area contributed by atoms with Crippen LogP contribution < -0.4 is 0 Å². The summed E-state index contributed by atoms with van der Waals surface area (Å²) in [4.78, 5) is 18.9. The Bertz CT molecular complexity index is 154. The van der Waals surface area contributed by atoms with E-state index in [1.54, 1.807) is 0 Å². The first-order chi connectivity index (χ1) is 4.13. The largest absolute Gasteiger partial charge is 0.276 e. The molecule has 0 aliphatic rings. The van der Waals surface area contributed by atoms with Gasteiger partial charge >= 0.3 is 0 Å². The fraction of sp³-hybridized carbons (Fsp3) is 0.250. The van der Waals surface area contributed by atoms with Gasteiger partial charge in [0.2, 0.25) is 11.8 Å². The minimum absolute atomic E-state index is 0.363. The zero-order valence-electron chi connectivity index (χ0n) is 4.41. The van der Waals surface area contributed by atoms with E-state index >= 15 is 0 Å². The molecule has 0 rings (SSSR count). The van der Waals surface area contributed by atoms with Gasteiger partial charge in [-0.3, -0.25) is 14.9 Å². The van der Waals surface area contributed by atoms with E-state index in [0.29, 0.717) is 0 Å². The molecule has 0 unspecified atom stereocenters. The summed E-state index contributed by atoms with van der Waals surface area (Å²) in [6, 6.07) is 0. The summed E-state index contributed by atoms with van der Waals surface area (Å²) in [7, 11) is 0. The molecule has 0 saturated heterocycles. The second kappa shape index (κ2) is 4.03. The lowest BCUT2D eigenvalue weighted by Crippen LogP contribution is -1.96. The van der Waals surface area contributed by atoms with Crippen LogP contribution in [0.5, 0.6) is 0 Å². The van der Waals surface area contributed by atoms with Crippen LogP contribution in [0.2, 0.25) is 0 Å². The minimum atomic E-state index is -0.697. The molecule has 0 aliphatic heterocycles. The lowest BCUT2D eigenvalue weighted by Gasteiger charge is -1.79. The zero-order valence-corrected chi connectivity index (χ0v) is 5.17. The number of hydrogen-bond acceptors (Lipinski definition) is 3. The van der Waals surface area contributed by atoms with Gasteiger partial charge in [-0.1, -0.05) is 0 Å². The lowest BCUT2D eigenvalue weighted by atomic mass is 10.5. The van der Waals surface area contributed by atoms with Crippen molar-refractivity contribution in [3.63, 3.8) is 0 Å². The molecule has 0 atom stereocenters. The number of nitrogens with zero attached hydrogens (tertiary/aromatic N) is 1. The van der Waals surface area contributed by atoms with Gasteiger partial charge in [0.15, 0.2) is 0 Å². The highest BCUT2D eigenvalue weighted by atomic mass is 35.5. The molecule has 0 heterocycles. The van der Waals surface area contributed by atoms with Crippen LogP contribution in [0.4, 0.5) is 0 Å². The van der Waals surface area contributed by atoms with Crippen LogP contribution in [0.25, 0.3) is 0 Å². The number of nitro groups is 1. The highest BCUT2D eigenvalue weighted by Crippen LogP contribution is 1.81. The lowest BCUT2D eigenvalue weighted by molar-refractivity contribution is -0.468. The first kappa shape index (κ1) is 8.10. The van der Waals surface area contributed by atoms with Gasteiger partial charge in [0, 0.05) is 11.0 Å². The molecule has 5 heteroatoms. The van der Waals surface area contributed by atoms with Crippen molar-refractivity contribution in [2.75, 3.05) is 6.54 Å². The Labute approximate surface area is 56.3 Å². The van der Waals surface area contributed by atoms with Crippen molar-refractivity contribution >= 4 is 16.8 Å².